The number of hydrogen-bond donors (Lipinski definition) is 5. The van der Waals surface area contributed by atoms with Gasteiger partial charge in [0.15, 0.2) is 46.0 Å². The third-order valence-corrected chi connectivity index (χ3v) is 9.86. The fourth-order valence-electron chi connectivity index (χ4n) is 6.44. The molecule has 6 rings (SSSR count). The number of hydrogen-bond acceptors (Lipinski definition) is 19. The second-order valence-corrected chi connectivity index (χ2v) is 16.2. The summed E-state index contributed by atoms with van der Waals surface area (Å²) in [7, 11) is 0. The average molecular weight is 1070 g/mol. The maximum atomic E-state index is 12.2. The summed E-state index contributed by atoms with van der Waals surface area (Å²) >= 11 is 0. The molecular weight excluding hydrogens is 1020 g/mol. The summed E-state index contributed by atoms with van der Waals surface area (Å²) in [5.41, 5.74) is 3.16. The van der Waals surface area contributed by atoms with Crippen LogP contribution in [0.25, 0.3) is 24.3 Å². The molecule has 6 aromatic carbocycles. The lowest BCUT2D eigenvalue weighted by Gasteiger charge is -2.07. The van der Waals surface area contributed by atoms with Crippen LogP contribution in [0.5, 0.6) is 57.5 Å². The summed E-state index contributed by atoms with van der Waals surface area (Å²) in [5.74, 6) is -6.01. The Balaban J connectivity index is 0.000000287. The second kappa shape index (κ2) is 28.1. The first-order valence-electron chi connectivity index (χ1n) is 22.9. The van der Waals surface area contributed by atoms with E-state index in [0.717, 1.165) is 6.08 Å². The van der Waals surface area contributed by atoms with Crippen molar-refractivity contribution in [3.05, 3.63) is 179 Å². The van der Waals surface area contributed by atoms with Crippen molar-refractivity contribution in [2.24, 2.45) is 0 Å². The normalized spacial score (nSPS) is 11.0. The molecule has 78 heavy (non-hydrogen) atoms. The number of carboxylic acids is 1. The highest BCUT2D eigenvalue weighted by molar-refractivity contribution is 5.93. The summed E-state index contributed by atoms with van der Waals surface area (Å²) in [6, 6.07) is 29.6. The quantitative estimate of drug-likeness (QED) is 0.0305. The van der Waals surface area contributed by atoms with E-state index < -0.39 is 47.8 Å². The molecule has 20 heteroatoms. The molecule has 400 valence electrons. The molecule has 0 unspecified atom stereocenters. The van der Waals surface area contributed by atoms with E-state index in [0.29, 0.717) is 33.4 Å². The van der Waals surface area contributed by atoms with Gasteiger partial charge in [0.2, 0.25) is 0 Å². The van der Waals surface area contributed by atoms with Gasteiger partial charge in [-0.15, -0.1) is 0 Å². The van der Waals surface area contributed by atoms with Crippen molar-refractivity contribution in [1.29, 1.82) is 0 Å². The van der Waals surface area contributed by atoms with Crippen molar-refractivity contribution in [2.45, 2.75) is 40.7 Å². The molecule has 0 aliphatic heterocycles. The zero-order chi connectivity index (χ0) is 56.9. The standard InChI is InChI=1S/2C29H24O10/c1-18(30)37-26-11-5-20(15-24(26)32)7-13-28(34)36-17-22-3-9-23(10-4-22)39-29(35)14-8-21-6-12-27(25(33)16-21)38-19(2)31;1-17(30)37-26-10-5-20(15-24(26)32)7-12-28(34)39-23-8-3-19(4-9-23)13-22(29(35)36)14-21-6-11-27(25(33)16-21)38-18(2)31/h3-16,32-33H,17H2,1-2H3;3-12,14-16,32-33H,13H2,1-2H3,(H,35,36)/b13-7+,14-8+;12-7+,22-14+. The smallest absolute Gasteiger partial charge is 0.336 e. The van der Waals surface area contributed by atoms with Gasteiger partial charge in [0.1, 0.15) is 18.1 Å². The zero-order valence-corrected chi connectivity index (χ0v) is 41.9. The molecule has 0 atom stereocenters. The van der Waals surface area contributed by atoms with Crippen LogP contribution in [-0.4, -0.2) is 73.3 Å². The Bertz CT molecular complexity index is 3340. The SMILES string of the molecule is CC(=O)Oc1ccc(/C=C/C(=O)OCc2ccc(OC(=O)/C=C/c3ccc(OC(C)=O)c(O)c3)cc2)cc1O.CC(=O)Oc1ccc(/C=C/C(=O)Oc2ccc(C/C(=C\c3ccc(OC(C)=O)c(O)c3)C(=O)O)cc2)cc1O. The van der Waals surface area contributed by atoms with Gasteiger partial charge in [0, 0.05) is 57.9 Å². The molecule has 0 aliphatic rings. The van der Waals surface area contributed by atoms with E-state index in [9.17, 15) is 63.9 Å². The van der Waals surface area contributed by atoms with Crippen molar-refractivity contribution in [1.82, 2.24) is 0 Å². The number of benzene rings is 6. The fourth-order valence-corrected chi connectivity index (χ4v) is 6.44. The average Bonchev–Trinajstić information content (AvgIpc) is 3.37. The van der Waals surface area contributed by atoms with Gasteiger partial charge in [-0.05, 0) is 130 Å². The lowest BCUT2D eigenvalue weighted by atomic mass is 10.0. The number of ether oxygens (including phenoxy) is 7. The third-order valence-electron chi connectivity index (χ3n) is 9.86. The molecular formula is C58H48O20. The Morgan fingerprint density at radius 1 is 0.397 bits per heavy atom. The number of rotatable bonds is 18. The molecule has 0 heterocycles. The molecule has 20 nitrogen and oxygen atoms in total. The third kappa shape index (κ3) is 19.6. The van der Waals surface area contributed by atoms with Crippen molar-refractivity contribution in [3.63, 3.8) is 0 Å². The van der Waals surface area contributed by atoms with E-state index in [1.54, 1.807) is 42.5 Å². The van der Waals surface area contributed by atoms with Crippen LogP contribution in [0.1, 0.15) is 61.1 Å². The highest BCUT2D eigenvalue weighted by Crippen LogP contribution is 2.31. The van der Waals surface area contributed by atoms with E-state index in [4.69, 9.17) is 33.2 Å². The summed E-state index contributed by atoms with van der Waals surface area (Å²) in [6.07, 6.45) is 9.22. The van der Waals surface area contributed by atoms with Gasteiger partial charge < -0.3 is 58.7 Å². The first-order chi connectivity index (χ1) is 37.1. The number of aromatic hydroxyl groups is 4. The Kier molecular flexibility index (Phi) is 20.9. The number of carbonyl (C=O) groups is 8. The van der Waals surface area contributed by atoms with E-state index in [1.807, 2.05) is 0 Å². The summed E-state index contributed by atoms with van der Waals surface area (Å²) < 4.78 is 35.0. The Labute approximate surface area is 444 Å². The monoisotopic (exact) mass is 1060 g/mol. The summed E-state index contributed by atoms with van der Waals surface area (Å²) in [4.78, 5) is 92.1. The van der Waals surface area contributed by atoms with Crippen LogP contribution in [0.2, 0.25) is 0 Å². The van der Waals surface area contributed by atoms with Gasteiger partial charge in [0.25, 0.3) is 0 Å². The molecule has 0 radical (unpaired) electrons. The van der Waals surface area contributed by atoms with Gasteiger partial charge in [0.05, 0.1) is 0 Å². The molecule has 5 N–H and O–H groups in total. The van der Waals surface area contributed by atoms with Gasteiger partial charge in [-0.25, -0.2) is 19.2 Å². The Morgan fingerprint density at radius 2 is 0.718 bits per heavy atom. The molecule has 0 aliphatic carbocycles. The summed E-state index contributed by atoms with van der Waals surface area (Å²) in [6.45, 7) is 4.81. The van der Waals surface area contributed by atoms with Crippen LogP contribution in [0, 0.1) is 0 Å². The molecule has 6 aromatic rings. The molecule has 0 saturated heterocycles. The number of esters is 7. The van der Waals surface area contributed by atoms with Gasteiger partial charge in [-0.1, -0.05) is 48.5 Å². The fraction of sp³-hybridized carbons (Fsp3) is 0.103. The highest BCUT2D eigenvalue weighted by Gasteiger charge is 2.14. The minimum atomic E-state index is -1.16. The molecule has 0 aromatic heterocycles. The van der Waals surface area contributed by atoms with E-state index in [1.165, 1.54) is 143 Å². The van der Waals surface area contributed by atoms with Gasteiger partial charge in [-0.3, -0.25) is 19.2 Å². The zero-order valence-electron chi connectivity index (χ0n) is 41.9. The van der Waals surface area contributed by atoms with E-state index in [-0.39, 0.29) is 76.1 Å². The first-order valence-corrected chi connectivity index (χ1v) is 22.9. The molecule has 0 saturated carbocycles. The van der Waals surface area contributed by atoms with Crippen LogP contribution < -0.4 is 28.4 Å². The molecule has 0 spiro atoms. The van der Waals surface area contributed by atoms with Crippen LogP contribution in [0.3, 0.4) is 0 Å². The summed E-state index contributed by atoms with van der Waals surface area (Å²) in [5, 5.41) is 49.3. The number of aliphatic carboxylic acids is 1. The van der Waals surface area contributed by atoms with Crippen molar-refractivity contribution >= 4 is 72.1 Å². The first kappa shape index (κ1) is 58.1. The predicted octanol–water partition coefficient (Wildman–Crippen LogP) is 8.60. The number of phenols is 4. The molecule has 0 fully saturated rings. The van der Waals surface area contributed by atoms with Gasteiger partial charge >= 0.3 is 47.8 Å². The maximum Gasteiger partial charge on any atom is 0.336 e. The van der Waals surface area contributed by atoms with Crippen LogP contribution in [0.4, 0.5) is 0 Å². The van der Waals surface area contributed by atoms with Crippen LogP contribution >= 0.6 is 0 Å². The predicted molar refractivity (Wildman–Crippen MR) is 278 cm³/mol. The van der Waals surface area contributed by atoms with Crippen molar-refractivity contribution in [2.75, 3.05) is 0 Å². The highest BCUT2D eigenvalue weighted by atomic mass is 16.6. The van der Waals surface area contributed by atoms with Crippen molar-refractivity contribution < 1.29 is 97.0 Å². The molecule has 0 amide bonds. The number of carbonyl (C=O) groups excluding carboxylic acids is 7. The van der Waals surface area contributed by atoms with E-state index >= 15 is 0 Å². The van der Waals surface area contributed by atoms with Crippen LogP contribution in [-0.2, 0) is 56.1 Å². The minimum Gasteiger partial charge on any atom is -0.504 e. The number of carboxylic acid groups (broad SMARTS) is 1. The lowest BCUT2D eigenvalue weighted by Crippen LogP contribution is -2.05. The Hall–Kier alpha value is -10.8. The van der Waals surface area contributed by atoms with E-state index in [2.05, 4.69) is 0 Å². The second-order valence-electron chi connectivity index (χ2n) is 16.2. The minimum absolute atomic E-state index is 0.00136. The topological polar surface area (TPSA) is 302 Å². The van der Waals surface area contributed by atoms with Crippen molar-refractivity contribution in [3.8, 4) is 57.5 Å². The molecule has 0 bridgehead atoms. The number of phenolic OH excluding ortho intramolecular Hbond substituents is 4. The lowest BCUT2D eigenvalue weighted by molar-refractivity contribution is -0.139. The van der Waals surface area contributed by atoms with Crippen LogP contribution in [0.15, 0.2) is 145 Å². The largest absolute Gasteiger partial charge is 0.504 e. The maximum absolute atomic E-state index is 12.2. The Morgan fingerprint density at radius 3 is 1.05 bits per heavy atom. The van der Waals surface area contributed by atoms with Gasteiger partial charge in [-0.2, -0.15) is 0 Å².